The molecule has 41 heavy (non-hydrogen) atoms. The van der Waals surface area contributed by atoms with Crippen molar-refractivity contribution in [1.82, 2.24) is 21.3 Å². The van der Waals surface area contributed by atoms with E-state index < -0.39 is 11.9 Å². The molecular formula is C32H48F2N4O3. The maximum Gasteiger partial charge on any atom is 0.242 e. The van der Waals surface area contributed by atoms with Crippen molar-refractivity contribution in [2.75, 3.05) is 26.2 Å². The predicted molar refractivity (Wildman–Crippen MR) is 162 cm³/mol. The van der Waals surface area contributed by atoms with Gasteiger partial charge >= 0.3 is 0 Å². The van der Waals surface area contributed by atoms with E-state index in [1.54, 1.807) is 12.1 Å². The molecule has 1 aliphatic heterocycles. The number of halogens is 2. The number of carbonyl (C=O) groups excluding carboxylic acids is 2. The van der Waals surface area contributed by atoms with Crippen molar-refractivity contribution in [2.24, 2.45) is 0 Å². The SMILES string of the molecule is C=C1CN[C@@H](C)COc2c(F)cccc2CCCNC(=O)C(CCC)NC(=O)CN1.CCC.Cc1cccc(F)c1. The molecule has 2 aromatic carbocycles. The van der Waals surface area contributed by atoms with Crippen LogP contribution in [0, 0.1) is 18.6 Å². The van der Waals surface area contributed by atoms with Crippen molar-refractivity contribution in [3.63, 3.8) is 0 Å². The molecule has 228 valence electrons. The fraction of sp³-hybridized carbons (Fsp3) is 0.500. The van der Waals surface area contributed by atoms with Crippen LogP contribution in [0.2, 0.25) is 0 Å². The first-order chi connectivity index (χ1) is 19.6. The third-order valence-corrected chi connectivity index (χ3v) is 5.82. The summed E-state index contributed by atoms with van der Waals surface area (Å²) in [7, 11) is 0. The highest BCUT2D eigenvalue weighted by Crippen LogP contribution is 2.24. The zero-order valence-corrected chi connectivity index (χ0v) is 25.2. The van der Waals surface area contributed by atoms with Gasteiger partial charge < -0.3 is 26.0 Å². The topological polar surface area (TPSA) is 91.5 Å². The highest BCUT2D eigenvalue weighted by Gasteiger charge is 2.20. The molecule has 2 aromatic rings. The van der Waals surface area contributed by atoms with Crippen LogP contribution < -0.4 is 26.0 Å². The van der Waals surface area contributed by atoms with Crippen LogP contribution in [0.15, 0.2) is 54.7 Å². The predicted octanol–water partition coefficient (Wildman–Crippen LogP) is 5.18. The Balaban J connectivity index is 0.000000638. The Bertz CT molecular complexity index is 1060. The second kappa shape index (κ2) is 20.4. The average molecular weight is 575 g/mol. The maximum absolute atomic E-state index is 14.3. The lowest BCUT2D eigenvalue weighted by Crippen LogP contribution is -2.49. The number of nitrogens with one attached hydrogen (secondary N) is 4. The van der Waals surface area contributed by atoms with Crippen LogP contribution in [0.4, 0.5) is 8.78 Å². The molecule has 2 atom stereocenters. The first-order valence-electron chi connectivity index (χ1n) is 14.5. The Hall–Kier alpha value is -3.46. The first-order valence-corrected chi connectivity index (χ1v) is 14.5. The summed E-state index contributed by atoms with van der Waals surface area (Å²) in [4.78, 5) is 24.7. The molecule has 1 heterocycles. The fourth-order valence-corrected chi connectivity index (χ4v) is 3.77. The van der Waals surface area contributed by atoms with E-state index in [-0.39, 0.29) is 42.6 Å². The van der Waals surface area contributed by atoms with Crippen molar-refractivity contribution < 1.29 is 23.1 Å². The summed E-state index contributed by atoms with van der Waals surface area (Å²) in [5, 5.41) is 11.8. The highest BCUT2D eigenvalue weighted by molar-refractivity contribution is 5.88. The Labute approximate surface area is 244 Å². The molecule has 2 amide bonds. The van der Waals surface area contributed by atoms with Gasteiger partial charge in [-0.3, -0.25) is 9.59 Å². The minimum atomic E-state index is -0.581. The number of fused-ring (bicyclic) bond motifs is 1. The molecule has 3 rings (SSSR count). The quantitative estimate of drug-likeness (QED) is 0.397. The zero-order chi connectivity index (χ0) is 30.6. The minimum Gasteiger partial charge on any atom is -0.489 e. The van der Waals surface area contributed by atoms with Gasteiger partial charge in [0.25, 0.3) is 0 Å². The van der Waals surface area contributed by atoms with Crippen LogP contribution in [0.5, 0.6) is 5.75 Å². The van der Waals surface area contributed by atoms with Crippen LogP contribution >= 0.6 is 0 Å². The van der Waals surface area contributed by atoms with E-state index in [0.717, 1.165) is 17.5 Å². The lowest BCUT2D eigenvalue weighted by molar-refractivity contribution is -0.128. The maximum atomic E-state index is 14.3. The van der Waals surface area contributed by atoms with Gasteiger partial charge in [-0.25, -0.2) is 8.78 Å². The van der Waals surface area contributed by atoms with Gasteiger partial charge in [0.2, 0.25) is 11.8 Å². The van der Waals surface area contributed by atoms with Crippen molar-refractivity contribution >= 4 is 11.8 Å². The van der Waals surface area contributed by atoms with Gasteiger partial charge in [-0.2, -0.15) is 0 Å². The summed E-state index contributed by atoms with van der Waals surface area (Å²) in [5.41, 5.74) is 2.37. The fourth-order valence-electron chi connectivity index (χ4n) is 3.77. The second-order valence-corrected chi connectivity index (χ2v) is 10.1. The Morgan fingerprint density at radius 2 is 1.73 bits per heavy atom. The lowest BCUT2D eigenvalue weighted by Gasteiger charge is -2.21. The molecule has 0 saturated carbocycles. The minimum absolute atomic E-state index is 0.0392. The summed E-state index contributed by atoms with van der Waals surface area (Å²) in [6.07, 6.45) is 3.78. The third kappa shape index (κ3) is 15.2. The second-order valence-electron chi connectivity index (χ2n) is 10.1. The molecule has 0 aromatic heterocycles. The number of carbonyl (C=O) groups is 2. The number of amides is 2. The van der Waals surface area contributed by atoms with Crippen molar-refractivity contribution in [3.05, 3.63) is 77.5 Å². The number of ether oxygens (including phenoxy) is 1. The first kappa shape index (κ1) is 35.6. The van der Waals surface area contributed by atoms with E-state index in [2.05, 4.69) is 41.7 Å². The van der Waals surface area contributed by atoms with E-state index in [1.165, 1.54) is 24.6 Å². The Kier molecular flexibility index (Phi) is 17.7. The Morgan fingerprint density at radius 3 is 2.37 bits per heavy atom. The number of rotatable bonds is 2. The summed E-state index contributed by atoms with van der Waals surface area (Å²) in [6.45, 7) is 15.1. The van der Waals surface area contributed by atoms with Gasteiger partial charge in [0.05, 0.1) is 6.54 Å². The molecule has 0 fully saturated rings. The van der Waals surface area contributed by atoms with Crippen molar-refractivity contribution in [1.29, 1.82) is 0 Å². The van der Waals surface area contributed by atoms with Gasteiger partial charge in [-0.05, 0) is 62.4 Å². The van der Waals surface area contributed by atoms with Crippen LogP contribution in [0.1, 0.15) is 64.5 Å². The number of hydrogen-bond acceptors (Lipinski definition) is 5. The zero-order valence-electron chi connectivity index (χ0n) is 25.2. The Morgan fingerprint density at radius 1 is 1.02 bits per heavy atom. The van der Waals surface area contributed by atoms with E-state index in [0.29, 0.717) is 38.0 Å². The van der Waals surface area contributed by atoms with E-state index in [1.807, 2.05) is 32.9 Å². The van der Waals surface area contributed by atoms with Crippen LogP contribution in [-0.2, 0) is 16.0 Å². The largest absolute Gasteiger partial charge is 0.489 e. The molecule has 9 heteroatoms. The van der Waals surface area contributed by atoms with Crippen LogP contribution in [-0.4, -0.2) is 50.1 Å². The summed E-state index contributed by atoms with van der Waals surface area (Å²) >= 11 is 0. The highest BCUT2D eigenvalue weighted by atomic mass is 19.1. The van der Waals surface area contributed by atoms with Crippen LogP contribution in [0.3, 0.4) is 0 Å². The number of aryl methyl sites for hydroxylation is 2. The number of para-hydroxylation sites is 1. The molecule has 4 N–H and O–H groups in total. The standard InChI is InChI=1S/C22H33FN4O3.C7H7F.C3H8/c1-4-7-19-22(29)24-11-6-9-17-8-5-10-18(23)21(17)30-14-16(3)25-12-15(2)26-13-20(28)27-19;1-6-3-2-4-7(8)5-6;1-3-2/h5,8,10,16,19,25-26H,2,4,6-7,9,11-14H2,1,3H3,(H,24,29)(H,27,28);2-5H,1H3;3H2,1-2H3/t16-,19?;;/m0../s1. The molecule has 0 spiro atoms. The monoisotopic (exact) mass is 574 g/mol. The number of benzene rings is 2. The molecule has 7 nitrogen and oxygen atoms in total. The molecule has 0 bridgehead atoms. The van der Waals surface area contributed by atoms with E-state index >= 15 is 0 Å². The van der Waals surface area contributed by atoms with Gasteiger partial charge in [0, 0.05) is 24.8 Å². The molecule has 1 aliphatic rings. The molecule has 0 saturated heterocycles. The van der Waals surface area contributed by atoms with Crippen molar-refractivity contribution in [2.45, 2.75) is 78.8 Å². The molecule has 0 radical (unpaired) electrons. The van der Waals surface area contributed by atoms with Gasteiger partial charge in [0.1, 0.15) is 18.5 Å². The summed E-state index contributed by atoms with van der Waals surface area (Å²) in [6, 6.07) is 10.8. The van der Waals surface area contributed by atoms with Gasteiger partial charge in [-0.15, -0.1) is 0 Å². The molecule has 0 aliphatic carbocycles. The van der Waals surface area contributed by atoms with Crippen LogP contribution in [0.25, 0.3) is 0 Å². The van der Waals surface area contributed by atoms with Crippen molar-refractivity contribution in [3.8, 4) is 5.75 Å². The summed E-state index contributed by atoms with van der Waals surface area (Å²) in [5.74, 6) is -0.769. The van der Waals surface area contributed by atoms with E-state index in [4.69, 9.17) is 4.74 Å². The smallest absolute Gasteiger partial charge is 0.242 e. The molecular weight excluding hydrogens is 526 g/mol. The molecule has 1 unspecified atom stereocenters. The lowest BCUT2D eigenvalue weighted by atomic mass is 10.1. The van der Waals surface area contributed by atoms with Gasteiger partial charge in [0.15, 0.2) is 11.6 Å². The third-order valence-electron chi connectivity index (χ3n) is 5.82. The van der Waals surface area contributed by atoms with E-state index in [9.17, 15) is 18.4 Å². The summed E-state index contributed by atoms with van der Waals surface area (Å²) < 4.78 is 32.2. The normalized spacial score (nSPS) is 18.7. The van der Waals surface area contributed by atoms with Gasteiger partial charge in [-0.1, -0.05) is 64.5 Å². The number of hydrogen-bond donors (Lipinski definition) is 4. The average Bonchev–Trinajstić information content (AvgIpc) is 2.92.